The van der Waals surface area contributed by atoms with Gasteiger partial charge in [-0.05, 0) is 49.4 Å². The van der Waals surface area contributed by atoms with Crippen LogP contribution in [-0.2, 0) is 12.3 Å². The molecule has 9 nitrogen and oxygen atoms in total. The fourth-order valence-electron chi connectivity index (χ4n) is 3.37. The van der Waals surface area contributed by atoms with E-state index in [4.69, 9.17) is 18.7 Å². The van der Waals surface area contributed by atoms with E-state index in [1.807, 2.05) is 42.5 Å². The zero-order valence-corrected chi connectivity index (χ0v) is 18.5. The largest absolute Gasteiger partial charge is 0.497 e. The first kappa shape index (κ1) is 20.4. The maximum Gasteiger partial charge on any atom is 0.237 e. The minimum atomic E-state index is 0.489. The first-order valence-electron chi connectivity index (χ1n) is 10.2. The molecular weight excluding hydrogens is 430 g/mol. The minimum absolute atomic E-state index is 0.489. The van der Waals surface area contributed by atoms with Crippen molar-refractivity contribution in [2.45, 2.75) is 24.4 Å². The van der Waals surface area contributed by atoms with Crippen molar-refractivity contribution in [3.63, 3.8) is 0 Å². The van der Waals surface area contributed by atoms with E-state index >= 15 is 0 Å². The van der Waals surface area contributed by atoms with Gasteiger partial charge in [0.05, 0.1) is 12.9 Å². The molecule has 2 aromatic heterocycles. The lowest BCUT2D eigenvalue weighted by molar-refractivity contribution is 0.171. The predicted octanol–water partition coefficient (Wildman–Crippen LogP) is 4.09. The van der Waals surface area contributed by atoms with Gasteiger partial charge in [0.1, 0.15) is 19.0 Å². The van der Waals surface area contributed by atoms with Gasteiger partial charge >= 0.3 is 0 Å². The number of hydrogen-bond acceptors (Lipinski definition) is 9. The van der Waals surface area contributed by atoms with Gasteiger partial charge in [0.2, 0.25) is 11.7 Å². The van der Waals surface area contributed by atoms with Crippen LogP contribution in [0.4, 0.5) is 0 Å². The van der Waals surface area contributed by atoms with Crippen LogP contribution in [0.15, 0.2) is 52.1 Å². The van der Waals surface area contributed by atoms with E-state index in [-0.39, 0.29) is 0 Å². The lowest BCUT2D eigenvalue weighted by Gasteiger charge is -2.18. The second kappa shape index (κ2) is 8.91. The molecule has 0 aliphatic carbocycles. The van der Waals surface area contributed by atoms with Crippen molar-refractivity contribution in [3.05, 3.63) is 48.4 Å². The minimum Gasteiger partial charge on any atom is -0.497 e. The van der Waals surface area contributed by atoms with Gasteiger partial charge in [0.15, 0.2) is 22.5 Å². The Hall–Kier alpha value is -3.53. The Kier molecular flexibility index (Phi) is 5.68. The van der Waals surface area contributed by atoms with Gasteiger partial charge in [-0.25, -0.2) is 0 Å². The number of methoxy groups -OCH3 is 1. The van der Waals surface area contributed by atoms with Crippen LogP contribution >= 0.6 is 11.8 Å². The van der Waals surface area contributed by atoms with E-state index in [9.17, 15) is 0 Å². The molecule has 4 aromatic rings. The molecule has 164 valence electrons. The summed E-state index contributed by atoms with van der Waals surface area (Å²) in [5.41, 5.74) is 1.79. The van der Waals surface area contributed by atoms with Crippen molar-refractivity contribution in [1.82, 2.24) is 24.9 Å². The first-order valence-corrected chi connectivity index (χ1v) is 11.2. The van der Waals surface area contributed by atoms with Crippen molar-refractivity contribution in [1.29, 1.82) is 0 Å². The molecule has 0 N–H and O–H groups in total. The maximum absolute atomic E-state index is 5.70. The van der Waals surface area contributed by atoms with Crippen LogP contribution in [0, 0.1) is 0 Å². The molecule has 2 aromatic carbocycles. The van der Waals surface area contributed by atoms with Crippen LogP contribution in [0.2, 0.25) is 0 Å². The summed E-state index contributed by atoms with van der Waals surface area (Å²) in [6.07, 6.45) is 0. The molecule has 5 rings (SSSR count). The van der Waals surface area contributed by atoms with Crippen molar-refractivity contribution >= 4 is 11.8 Å². The summed E-state index contributed by atoms with van der Waals surface area (Å²) in [6.45, 7) is 3.89. The van der Waals surface area contributed by atoms with Crippen LogP contribution in [0.1, 0.15) is 12.8 Å². The fourth-order valence-corrected chi connectivity index (χ4v) is 4.21. The summed E-state index contributed by atoms with van der Waals surface area (Å²) in [4.78, 5) is 4.49. The summed E-state index contributed by atoms with van der Waals surface area (Å²) >= 11 is 1.50. The second-order valence-corrected chi connectivity index (χ2v) is 7.88. The number of ether oxygens (including phenoxy) is 3. The lowest BCUT2D eigenvalue weighted by Crippen LogP contribution is -2.15. The van der Waals surface area contributed by atoms with Gasteiger partial charge < -0.3 is 23.3 Å². The number of hydrogen-bond donors (Lipinski definition) is 0. The number of rotatable bonds is 7. The third-order valence-corrected chi connectivity index (χ3v) is 5.93. The summed E-state index contributed by atoms with van der Waals surface area (Å²) in [6, 6.07) is 13.3. The number of nitrogens with zero attached hydrogens (tertiary/aromatic N) is 5. The molecule has 1 aliphatic rings. The topological polar surface area (TPSA) is 97.3 Å². The Bertz CT molecular complexity index is 1220. The quantitative estimate of drug-likeness (QED) is 0.385. The highest BCUT2D eigenvalue weighted by Crippen LogP contribution is 2.35. The molecule has 0 atom stereocenters. The van der Waals surface area contributed by atoms with E-state index in [2.05, 4.69) is 31.8 Å². The van der Waals surface area contributed by atoms with Crippen LogP contribution < -0.4 is 14.2 Å². The summed E-state index contributed by atoms with van der Waals surface area (Å²) in [7, 11) is 1.63. The molecule has 10 heteroatoms. The Morgan fingerprint density at radius 3 is 2.56 bits per heavy atom. The molecule has 0 bridgehead atoms. The Morgan fingerprint density at radius 2 is 1.78 bits per heavy atom. The average molecular weight is 452 g/mol. The highest BCUT2D eigenvalue weighted by molar-refractivity contribution is 7.98. The Balaban J connectivity index is 1.31. The smallest absolute Gasteiger partial charge is 0.237 e. The monoisotopic (exact) mass is 451 g/mol. The van der Waals surface area contributed by atoms with Gasteiger partial charge in [0.25, 0.3) is 0 Å². The zero-order valence-electron chi connectivity index (χ0n) is 17.6. The molecule has 0 spiro atoms. The van der Waals surface area contributed by atoms with Crippen LogP contribution in [0.25, 0.3) is 22.8 Å². The molecule has 0 amide bonds. The van der Waals surface area contributed by atoms with Crippen LogP contribution in [-0.4, -0.2) is 45.2 Å². The SMILES string of the molecule is CCn1c(SCc2nc(-c3ccc(OC)cc3)no2)nnc1-c1ccc2c(c1)OCCO2. The summed E-state index contributed by atoms with van der Waals surface area (Å²) < 4.78 is 24.0. The number of aromatic nitrogens is 5. The zero-order chi connectivity index (χ0) is 21.9. The predicted molar refractivity (Wildman–Crippen MR) is 118 cm³/mol. The first-order chi connectivity index (χ1) is 15.7. The molecule has 0 unspecified atom stereocenters. The lowest BCUT2D eigenvalue weighted by atomic mass is 10.2. The van der Waals surface area contributed by atoms with Gasteiger partial charge in [0, 0.05) is 17.7 Å². The average Bonchev–Trinajstić information content (AvgIpc) is 3.49. The molecule has 0 saturated heterocycles. The molecular formula is C22H21N5O4S. The highest BCUT2D eigenvalue weighted by Gasteiger charge is 2.18. The van der Waals surface area contributed by atoms with Gasteiger partial charge in [-0.3, -0.25) is 0 Å². The van der Waals surface area contributed by atoms with Gasteiger partial charge in [-0.15, -0.1) is 10.2 Å². The third kappa shape index (κ3) is 4.01. The van der Waals surface area contributed by atoms with Gasteiger partial charge in [-0.2, -0.15) is 4.98 Å². The summed E-state index contributed by atoms with van der Waals surface area (Å²) in [5.74, 6) is 4.58. The molecule has 32 heavy (non-hydrogen) atoms. The highest BCUT2D eigenvalue weighted by atomic mass is 32.2. The molecule has 3 heterocycles. The molecule has 1 aliphatic heterocycles. The normalized spacial score (nSPS) is 12.7. The molecule has 0 fully saturated rings. The maximum atomic E-state index is 5.70. The van der Waals surface area contributed by atoms with Crippen LogP contribution in [0.3, 0.4) is 0 Å². The number of benzene rings is 2. The van der Waals surface area contributed by atoms with E-state index in [1.54, 1.807) is 7.11 Å². The van der Waals surface area contributed by atoms with E-state index in [1.165, 1.54) is 11.8 Å². The van der Waals surface area contributed by atoms with Crippen molar-refractivity contribution in [2.24, 2.45) is 0 Å². The van der Waals surface area contributed by atoms with Crippen molar-refractivity contribution < 1.29 is 18.7 Å². The summed E-state index contributed by atoms with van der Waals surface area (Å²) in [5, 5.41) is 13.6. The second-order valence-electron chi connectivity index (χ2n) is 6.94. The van der Waals surface area contributed by atoms with E-state index in [0.717, 1.165) is 45.9 Å². The molecule has 0 saturated carbocycles. The van der Waals surface area contributed by atoms with Gasteiger partial charge in [-0.1, -0.05) is 16.9 Å². The number of fused-ring (bicyclic) bond motifs is 1. The fraction of sp³-hybridized carbons (Fsp3) is 0.273. The molecule has 0 radical (unpaired) electrons. The van der Waals surface area contributed by atoms with E-state index < -0.39 is 0 Å². The third-order valence-electron chi connectivity index (χ3n) is 4.97. The Morgan fingerprint density at radius 1 is 1.00 bits per heavy atom. The van der Waals surface area contributed by atoms with Crippen molar-refractivity contribution in [3.8, 4) is 40.0 Å². The Labute approximate surface area is 188 Å². The number of thioether (sulfide) groups is 1. The standard InChI is InChI=1S/C22H21N5O4S/c1-3-27-21(15-6-9-17-18(12-15)30-11-10-29-17)24-25-22(27)32-13-19-23-20(26-31-19)14-4-7-16(28-2)8-5-14/h4-9,12H,3,10-11,13H2,1-2H3. The van der Waals surface area contributed by atoms with Crippen molar-refractivity contribution in [2.75, 3.05) is 20.3 Å². The van der Waals surface area contributed by atoms with Crippen LogP contribution in [0.5, 0.6) is 17.2 Å². The van der Waals surface area contributed by atoms with E-state index in [0.29, 0.717) is 30.7 Å².